The highest BCUT2D eigenvalue weighted by Crippen LogP contribution is 2.13. The van der Waals surface area contributed by atoms with Crippen LogP contribution in [-0.4, -0.2) is 30.3 Å². The van der Waals surface area contributed by atoms with Gasteiger partial charge >= 0.3 is 0 Å². The molecule has 1 aliphatic heterocycles. The first-order valence-electron chi connectivity index (χ1n) is 4.64. The maximum atomic E-state index is 11.2. The molecular weight excluding hydrogens is 186 g/mol. The zero-order valence-corrected chi connectivity index (χ0v) is 8.97. The lowest BCUT2D eigenvalue weighted by Crippen LogP contribution is -2.40. The van der Waals surface area contributed by atoms with Crippen LogP contribution in [0, 0.1) is 5.92 Å². The first-order chi connectivity index (χ1) is 6.13. The molecule has 13 heavy (non-hydrogen) atoms. The Balaban J connectivity index is 2.42. The zero-order valence-electron chi connectivity index (χ0n) is 8.22. The van der Waals surface area contributed by atoms with Crippen molar-refractivity contribution in [3.05, 3.63) is 11.1 Å². The molecule has 1 rings (SSSR count). The van der Waals surface area contributed by atoms with E-state index in [0.717, 1.165) is 25.2 Å². The number of Topliss-reactive ketones (excluding diaryl/α,β-unsaturated/α-hetero) is 1. The van der Waals surface area contributed by atoms with E-state index in [1.54, 1.807) is 5.54 Å². The SMILES string of the molecule is CC(=CCl)CN1CCC(=O)C(C)C1. The van der Waals surface area contributed by atoms with Gasteiger partial charge in [0.2, 0.25) is 0 Å². The van der Waals surface area contributed by atoms with E-state index < -0.39 is 0 Å². The molecule has 0 saturated carbocycles. The molecule has 0 aromatic heterocycles. The molecular formula is C10H16ClNO. The average molecular weight is 202 g/mol. The number of rotatable bonds is 2. The van der Waals surface area contributed by atoms with Crippen LogP contribution in [0.25, 0.3) is 0 Å². The van der Waals surface area contributed by atoms with Crippen LogP contribution in [0.2, 0.25) is 0 Å². The summed E-state index contributed by atoms with van der Waals surface area (Å²) in [6, 6.07) is 0. The number of piperidine rings is 1. The molecule has 0 amide bonds. The van der Waals surface area contributed by atoms with Crippen molar-refractivity contribution in [3.8, 4) is 0 Å². The second kappa shape index (κ2) is 4.77. The van der Waals surface area contributed by atoms with Gasteiger partial charge in [0.1, 0.15) is 5.78 Å². The predicted molar refractivity (Wildman–Crippen MR) is 54.8 cm³/mol. The summed E-state index contributed by atoms with van der Waals surface area (Å²) in [7, 11) is 0. The van der Waals surface area contributed by atoms with Crippen molar-refractivity contribution in [1.82, 2.24) is 4.90 Å². The summed E-state index contributed by atoms with van der Waals surface area (Å²) in [6.45, 7) is 6.65. The minimum Gasteiger partial charge on any atom is -0.299 e. The fourth-order valence-electron chi connectivity index (χ4n) is 1.63. The number of carbonyl (C=O) groups is 1. The fraction of sp³-hybridized carbons (Fsp3) is 0.700. The lowest BCUT2D eigenvalue weighted by atomic mass is 9.98. The average Bonchev–Trinajstić information content (AvgIpc) is 2.11. The highest BCUT2D eigenvalue weighted by atomic mass is 35.5. The minimum atomic E-state index is 0.192. The van der Waals surface area contributed by atoms with Crippen LogP contribution in [0.15, 0.2) is 11.1 Å². The highest BCUT2D eigenvalue weighted by Gasteiger charge is 2.22. The number of nitrogens with zero attached hydrogens (tertiary/aromatic N) is 1. The Morgan fingerprint density at radius 2 is 2.46 bits per heavy atom. The number of hydrogen-bond acceptors (Lipinski definition) is 2. The molecule has 0 N–H and O–H groups in total. The van der Waals surface area contributed by atoms with Gasteiger partial charge in [-0.05, 0) is 12.5 Å². The maximum absolute atomic E-state index is 11.2. The summed E-state index contributed by atoms with van der Waals surface area (Å²) in [5.74, 6) is 0.584. The molecule has 1 fully saturated rings. The molecule has 1 atom stereocenters. The van der Waals surface area contributed by atoms with Crippen molar-refractivity contribution in [2.24, 2.45) is 5.92 Å². The second-order valence-electron chi connectivity index (χ2n) is 3.81. The van der Waals surface area contributed by atoms with E-state index in [4.69, 9.17) is 11.6 Å². The van der Waals surface area contributed by atoms with Gasteiger partial charge in [0.15, 0.2) is 0 Å². The van der Waals surface area contributed by atoms with Gasteiger partial charge in [0.05, 0.1) is 0 Å². The van der Waals surface area contributed by atoms with Gasteiger partial charge in [-0.1, -0.05) is 18.5 Å². The third-order valence-corrected chi connectivity index (χ3v) is 2.79. The lowest BCUT2D eigenvalue weighted by molar-refractivity contribution is -0.125. The Hall–Kier alpha value is -0.340. The van der Waals surface area contributed by atoms with Gasteiger partial charge < -0.3 is 0 Å². The van der Waals surface area contributed by atoms with E-state index in [1.165, 1.54) is 0 Å². The monoisotopic (exact) mass is 201 g/mol. The van der Waals surface area contributed by atoms with E-state index in [0.29, 0.717) is 12.2 Å². The molecule has 0 spiro atoms. The molecule has 0 aliphatic carbocycles. The molecule has 1 aliphatic rings. The van der Waals surface area contributed by atoms with E-state index in [-0.39, 0.29) is 5.92 Å². The quantitative estimate of drug-likeness (QED) is 0.682. The first kappa shape index (κ1) is 10.7. The standard InChI is InChI=1S/C10H16ClNO/c1-8(5-11)6-12-4-3-10(13)9(2)7-12/h5,9H,3-4,6-7H2,1-2H3. The molecule has 1 unspecified atom stereocenters. The summed E-state index contributed by atoms with van der Waals surface area (Å²) >= 11 is 5.58. The Bertz CT molecular complexity index is 225. The summed E-state index contributed by atoms with van der Waals surface area (Å²) in [5.41, 5.74) is 2.77. The van der Waals surface area contributed by atoms with Crippen LogP contribution in [0.5, 0.6) is 0 Å². The Morgan fingerprint density at radius 3 is 3.00 bits per heavy atom. The first-order valence-corrected chi connectivity index (χ1v) is 5.08. The number of ketones is 1. The number of hydrogen-bond donors (Lipinski definition) is 0. The van der Waals surface area contributed by atoms with E-state index in [2.05, 4.69) is 4.90 Å². The summed E-state index contributed by atoms with van der Waals surface area (Å²) in [6.07, 6.45) is 0.691. The van der Waals surface area contributed by atoms with Gasteiger partial charge in [0, 0.05) is 37.5 Å². The summed E-state index contributed by atoms with van der Waals surface area (Å²) < 4.78 is 0. The smallest absolute Gasteiger partial charge is 0.138 e. The number of likely N-dealkylation sites (tertiary alicyclic amines) is 1. The summed E-state index contributed by atoms with van der Waals surface area (Å²) in [4.78, 5) is 13.5. The molecule has 0 bridgehead atoms. The highest BCUT2D eigenvalue weighted by molar-refractivity contribution is 6.25. The van der Waals surface area contributed by atoms with E-state index >= 15 is 0 Å². The molecule has 1 saturated heterocycles. The topological polar surface area (TPSA) is 20.3 Å². The Kier molecular flexibility index (Phi) is 3.94. The number of carbonyl (C=O) groups excluding carboxylic acids is 1. The van der Waals surface area contributed by atoms with E-state index in [9.17, 15) is 4.79 Å². The third-order valence-electron chi connectivity index (χ3n) is 2.42. The molecule has 2 nitrogen and oxygen atoms in total. The Morgan fingerprint density at radius 1 is 1.77 bits per heavy atom. The van der Waals surface area contributed by atoms with Crippen LogP contribution in [0.4, 0.5) is 0 Å². The normalized spacial score (nSPS) is 26.5. The predicted octanol–water partition coefficient (Wildman–Crippen LogP) is 2.04. The van der Waals surface area contributed by atoms with Gasteiger partial charge in [0.25, 0.3) is 0 Å². The largest absolute Gasteiger partial charge is 0.299 e. The minimum absolute atomic E-state index is 0.192. The van der Waals surface area contributed by atoms with Crippen LogP contribution in [0.3, 0.4) is 0 Å². The van der Waals surface area contributed by atoms with Crippen LogP contribution in [0.1, 0.15) is 20.3 Å². The maximum Gasteiger partial charge on any atom is 0.138 e. The van der Waals surface area contributed by atoms with Crippen molar-refractivity contribution in [2.75, 3.05) is 19.6 Å². The van der Waals surface area contributed by atoms with Gasteiger partial charge in [-0.3, -0.25) is 9.69 Å². The van der Waals surface area contributed by atoms with E-state index in [1.807, 2.05) is 13.8 Å². The van der Waals surface area contributed by atoms with Gasteiger partial charge in [-0.2, -0.15) is 0 Å². The van der Waals surface area contributed by atoms with Crippen molar-refractivity contribution in [3.63, 3.8) is 0 Å². The lowest BCUT2D eigenvalue weighted by Gasteiger charge is -2.29. The molecule has 0 radical (unpaired) electrons. The van der Waals surface area contributed by atoms with Crippen molar-refractivity contribution in [1.29, 1.82) is 0 Å². The fourth-order valence-corrected chi connectivity index (χ4v) is 1.69. The van der Waals surface area contributed by atoms with Crippen LogP contribution in [-0.2, 0) is 4.79 Å². The van der Waals surface area contributed by atoms with Crippen LogP contribution < -0.4 is 0 Å². The number of halogens is 1. The molecule has 1 heterocycles. The Labute approximate surface area is 84.6 Å². The van der Waals surface area contributed by atoms with Crippen molar-refractivity contribution in [2.45, 2.75) is 20.3 Å². The van der Waals surface area contributed by atoms with Gasteiger partial charge in [-0.25, -0.2) is 0 Å². The van der Waals surface area contributed by atoms with Gasteiger partial charge in [-0.15, -0.1) is 0 Å². The molecule has 3 heteroatoms. The second-order valence-corrected chi connectivity index (χ2v) is 4.03. The van der Waals surface area contributed by atoms with Crippen molar-refractivity contribution >= 4 is 17.4 Å². The zero-order chi connectivity index (χ0) is 9.84. The molecule has 0 aromatic carbocycles. The molecule has 74 valence electrons. The summed E-state index contributed by atoms with van der Waals surface area (Å²) in [5, 5.41) is 0. The molecule has 0 aromatic rings. The van der Waals surface area contributed by atoms with Crippen LogP contribution >= 0.6 is 11.6 Å². The third kappa shape index (κ3) is 3.12. The van der Waals surface area contributed by atoms with Crippen molar-refractivity contribution < 1.29 is 4.79 Å².